The third kappa shape index (κ3) is 1.04. The van der Waals surface area contributed by atoms with E-state index < -0.39 is 0 Å². The van der Waals surface area contributed by atoms with Gasteiger partial charge < -0.3 is 4.79 Å². The summed E-state index contributed by atoms with van der Waals surface area (Å²) in [6.07, 6.45) is 4.85. The Labute approximate surface area is 71.6 Å². The molecule has 0 amide bonds. The fourth-order valence-corrected chi connectivity index (χ4v) is 1.37. The van der Waals surface area contributed by atoms with Crippen LogP contribution in [0, 0.1) is 6.92 Å². The van der Waals surface area contributed by atoms with Crippen LogP contribution < -0.4 is 0 Å². The maximum absolute atomic E-state index is 10.7. The molecule has 2 rings (SSSR count). The smallest absolute Gasteiger partial charge is 0.130 e. The van der Waals surface area contributed by atoms with Crippen LogP contribution in [0.4, 0.5) is 0 Å². The molecule has 2 heteroatoms. The van der Waals surface area contributed by atoms with E-state index in [1.807, 2.05) is 25.3 Å². The van der Waals surface area contributed by atoms with Gasteiger partial charge in [-0.05, 0) is 31.4 Å². The molecular formula is C10H11NO. The summed E-state index contributed by atoms with van der Waals surface area (Å²) in [5.41, 5.74) is 1.91. The molecule has 1 aromatic rings. The molecular weight excluding hydrogens is 150 g/mol. The number of hydrogen-bond acceptors (Lipinski definition) is 2. The average molecular weight is 161 g/mol. The maximum Gasteiger partial charge on any atom is 0.130 e. The van der Waals surface area contributed by atoms with Crippen molar-refractivity contribution in [3.05, 3.63) is 29.6 Å². The summed E-state index contributed by atoms with van der Waals surface area (Å²) in [4.78, 5) is 14.9. The average Bonchev–Trinajstić information content (AvgIpc) is 2.86. The topological polar surface area (TPSA) is 30.0 Å². The van der Waals surface area contributed by atoms with Crippen molar-refractivity contribution in [2.24, 2.45) is 0 Å². The van der Waals surface area contributed by atoms with Crippen LogP contribution in [0.5, 0.6) is 0 Å². The molecule has 0 atom stereocenters. The van der Waals surface area contributed by atoms with Crippen LogP contribution >= 0.6 is 0 Å². The van der Waals surface area contributed by atoms with Crippen LogP contribution in [0.3, 0.4) is 0 Å². The number of aromatic nitrogens is 1. The first-order chi connectivity index (χ1) is 5.77. The van der Waals surface area contributed by atoms with Crippen molar-refractivity contribution in [2.75, 3.05) is 0 Å². The van der Waals surface area contributed by atoms with E-state index in [9.17, 15) is 4.79 Å². The molecule has 1 fully saturated rings. The molecule has 0 aromatic carbocycles. The van der Waals surface area contributed by atoms with Gasteiger partial charge in [0.25, 0.3) is 0 Å². The third-order valence-electron chi connectivity index (χ3n) is 2.50. The number of rotatable bonds is 2. The highest BCUT2D eigenvalue weighted by Crippen LogP contribution is 2.45. The Balaban J connectivity index is 2.35. The van der Waals surface area contributed by atoms with Crippen molar-refractivity contribution in [2.45, 2.75) is 25.2 Å². The van der Waals surface area contributed by atoms with Gasteiger partial charge in [0, 0.05) is 11.9 Å². The molecule has 0 radical (unpaired) electrons. The Morgan fingerprint density at radius 3 is 2.67 bits per heavy atom. The Morgan fingerprint density at radius 2 is 2.25 bits per heavy atom. The van der Waals surface area contributed by atoms with Crippen LogP contribution in [0.1, 0.15) is 24.1 Å². The molecule has 0 aliphatic heterocycles. The SMILES string of the molecule is Cc1ccc(C2(C=O)CC2)cn1. The van der Waals surface area contributed by atoms with E-state index in [0.717, 1.165) is 30.4 Å². The Morgan fingerprint density at radius 1 is 1.50 bits per heavy atom. The zero-order chi connectivity index (χ0) is 8.60. The summed E-state index contributed by atoms with van der Waals surface area (Å²) in [6, 6.07) is 3.96. The van der Waals surface area contributed by atoms with Crippen molar-refractivity contribution in [1.29, 1.82) is 0 Å². The molecule has 1 heterocycles. The lowest BCUT2D eigenvalue weighted by atomic mass is 10.00. The number of aldehydes is 1. The normalized spacial score (nSPS) is 18.8. The third-order valence-corrected chi connectivity index (χ3v) is 2.50. The second-order valence-corrected chi connectivity index (χ2v) is 3.46. The molecule has 62 valence electrons. The zero-order valence-corrected chi connectivity index (χ0v) is 7.08. The van der Waals surface area contributed by atoms with E-state index >= 15 is 0 Å². The van der Waals surface area contributed by atoms with E-state index in [1.54, 1.807) is 0 Å². The van der Waals surface area contributed by atoms with E-state index in [1.165, 1.54) is 0 Å². The van der Waals surface area contributed by atoms with Crippen LogP contribution in [0.2, 0.25) is 0 Å². The number of pyridine rings is 1. The second-order valence-electron chi connectivity index (χ2n) is 3.46. The lowest BCUT2D eigenvalue weighted by molar-refractivity contribution is -0.109. The predicted octanol–water partition coefficient (Wildman–Crippen LogP) is 1.62. The quantitative estimate of drug-likeness (QED) is 0.617. The Bertz CT molecular complexity index is 298. The summed E-state index contributed by atoms with van der Waals surface area (Å²) in [5.74, 6) is 0. The first-order valence-corrected chi connectivity index (χ1v) is 4.16. The summed E-state index contributed by atoms with van der Waals surface area (Å²) in [5, 5.41) is 0. The molecule has 12 heavy (non-hydrogen) atoms. The molecule has 1 aliphatic carbocycles. The predicted molar refractivity (Wildman–Crippen MR) is 46.0 cm³/mol. The van der Waals surface area contributed by atoms with E-state index in [4.69, 9.17) is 0 Å². The van der Waals surface area contributed by atoms with Gasteiger partial charge >= 0.3 is 0 Å². The van der Waals surface area contributed by atoms with Gasteiger partial charge in [-0.25, -0.2) is 0 Å². The van der Waals surface area contributed by atoms with Crippen LogP contribution in [0.25, 0.3) is 0 Å². The number of carbonyl (C=O) groups is 1. The first-order valence-electron chi connectivity index (χ1n) is 4.16. The molecule has 1 aliphatic rings. The number of nitrogens with zero attached hydrogens (tertiary/aromatic N) is 1. The van der Waals surface area contributed by atoms with E-state index in [2.05, 4.69) is 4.98 Å². The fourth-order valence-electron chi connectivity index (χ4n) is 1.37. The summed E-state index contributed by atoms with van der Waals surface area (Å²) < 4.78 is 0. The van der Waals surface area contributed by atoms with Gasteiger partial charge in [-0.2, -0.15) is 0 Å². The van der Waals surface area contributed by atoms with Crippen LogP contribution in [0.15, 0.2) is 18.3 Å². The number of hydrogen-bond donors (Lipinski definition) is 0. The largest absolute Gasteiger partial charge is 0.302 e. The van der Waals surface area contributed by atoms with E-state index in [-0.39, 0.29) is 5.41 Å². The first kappa shape index (κ1) is 7.47. The van der Waals surface area contributed by atoms with Gasteiger partial charge in [0.15, 0.2) is 0 Å². The van der Waals surface area contributed by atoms with Gasteiger partial charge in [-0.3, -0.25) is 4.98 Å². The second kappa shape index (κ2) is 2.41. The number of carbonyl (C=O) groups excluding carboxylic acids is 1. The van der Waals surface area contributed by atoms with Crippen LogP contribution in [-0.4, -0.2) is 11.3 Å². The molecule has 0 saturated heterocycles. The van der Waals surface area contributed by atoms with Crippen molar-refractivity contribution in [3.8, 4) is 0 Å². The lowest BCUT2D eigenvalue weighted by Gasteiger charge is -2.05. The molecule has 0 bridgehead atoms. The lowest BCUT2D eigenvalue weighted by Crippen LogP contribution is -2.07. The molecule has 0 spiro atoms. The zero-order valence-electron chi connectivity index (χ0n) is 7.08. The standard InChI is InChI=1S/C10H11NO/c1-8-2-3-9(6-11-8)10(7-12)4-5-10/h2-3,6-7H,4-5H2,1H3. The molecule has 2 nitrogen and oxygen atoms in total. The monoisotopic (exact) mass is 161 g/mol. The van der Waals surface area contributed by atoms with Crippen molar-refractivity contribution < 1.29 is 4.79 Å². The Kier molecular flexibility index (Phi) is 1.50. The van der Waals surface area contributed by atoms with Crippen molar-refractivity contribution in [1.82, 2.24) is 4.98 Å². The highest BCUT2D eigenvalue weighted by molar-refractivity contribution is 5.72. The van der Waals surface area contributed by atoms with E-state index in [0.29, 0.717) is 0 Å². The summed E-state index contributed by atoms with van der Waals surface area (Å²) in [7, 11) is 0. The minimum Gasteiger partial charge on any atom is -0.302 e. The highest BCUT2D eigenvalue weighted by Gasteiger charge is 2.44. The minimum absolute atomic E-state index is 0.166. The molecule has 1 aromatic heterocycles. The summed E-state index contributed by atoms with van der Waals surface area (Å²) in [6.45, 7) is 1.95. The van der Waals surface area contributed by atoms with Gasteiger partial charge in [0.05, 0.1) is 5.41 Å². The van der Waals surface area contributed by atoms with Crippen molar-refractivity contribution >= 4 is 6.29 Å². The molecule has 0 unspecified atom stereocenters. The fraction of sp³-hybridized carbons (Fsp3) is 0.400. The van der Waals surface area contributed by atoms with Crippen LogP contribution in [-0.2, 0) is 10.2 Å². The maximum atomic E-state index is 10.7. The highest BCUT2D eigenvalue weighted by atomic mass is 16.1. The number of aryl methyl sites for hydroxylation is 1. The van der Waals surface area contributed by atoms with Gasteiger partial charge in [0.1, 0.15) is 6.29 Å². The van der Waals surface area contributed by atoms with Gasteiger partial charge in [-0.15, -0.1) is 0 Å². The molecule has 0 N–H and O–H groups in total. The van der Waals surface area contributed by atoms with Gasteiger partial charge in [-0.1, -0.05) is 6.07 Å². The van der Waals surface area contributed by atoms with Gasteiger partial charge in [0.2, 0.25) is 0 Å². The minimum atomic E-state index is -0.166. The summed E-state index contributed by atoms with van der Waals surface area (Å²) >= 11 is 0. The Hall–Kier alpha value is -1.18. The molecule has 1 saturated carbocycles. The van der Waals surface area contributed by atoms with Crippen molar-refractivity contribution in [3.63, 3.8) is 0 Å².